The molecule has 0 fully saturated rings. The van der Waals surface area contributed by atoms with Crippen molar-refractivity contribution in [1.29, 1.82) is 0 Å². The van der Waals surface area contributed by atoms with Crippen molar-refractivity contribution in [1.82, 2.24) is 5.32 Å². The molecule has 25 heavy (non-hydrogen) atoms. The molecule has 2 aromatic carbocycles. The van der Waals surface area contributed by atoms with Gasteiger partial charge in [-0.15, -0.1) is 0 Å². The summed E-state index contributed by atoms with van der Waals surface area (Å²) in [5.74, 6) is -1.12. The van der Waals surface area contributed by atoms with Crippen LogP contribution in [0.5, 0.6) is 5.75 Å². The normalized spacial score (nSPS) is 9.84. The zero-order valence-corrected chi connectivity index (χ0v) is 13.3. The lowest BCUT2D eigenvalue weighted by molar-refractivity contribution is -0.122. The van der Waals surface area contributed by atoms with Gasteiger partial charge < -0.3 is 15.4 Å². The van der Waals surface area contributed by atoms with E-state index in [9.17, 15) is 18.8 Å². The molecule has 0 aliphatic carbocycles. The van der Waals surface area contributed by atoms with E-state index in [4.69, 9.17) is 4.74 Å². The van der Waals surface area contributed by atoms with Crippen molar-refractivity contribution in [2.24, 2.45) is 0 Å². The zero-order valence-electron chi connectivity index (χ0n) is 13.3. The number of benzene rings is 2. The van der Waals surface area contributed by atoms with E-state index in [2.05, 4.69) is 10.6 Å². The highest BCUT2D eigenvalue weighted by Gasteiger charge is 2.10. The number of urea groups is 1. The van der Waals surface area contributed by atoms with Gasteiger partial charge in [-0.2, -0.15) is 0 Å². The van der Waals surface area contributed by atoms with Gasteiger partial charge in [-0.05, 0) is 36.4 Å². The Morgan fingerprint density at radius 2 is 1.68 bits per heavy atom. The number of halogens is 1. The molecule has 0 heterocycles. The van der Waals surface area contributed by atoms with Crippen LogP contribution in [-0.2, 0) is 9.59 Å². The maximum absolute atomic E-state index is 13.4. The van der Waals surface area contributed by atoms with Gasteiger partial charge in [0, 0.05) is 12.6 Å². The van der Waals surface area contributed by atoms with E-state index in [0.29, 0.717) is 11.4 Å². The maximum atomic E-state index is 13.4. The molecule has 130 valence electrons. The van der Waals surface area contributed by atoms with E-state index in [1.165, 1.54) is 25.1 Å². The van der Waals surface area contributed by atoms with Gasteiger partial charge in [0.1, 0.15) is 11.6 Å². The molecule has 0 bridgehead atoms. The van der Waals surface area contributed by atoms with E-state index < -0.39 is 24.4 Å². The number of rotatable bonds is 5. The molecule has 2 aromatic rings. The standard InChI is InChI=1S/C17H16FN3O4/c1-11(22)19-12-6-8-13(9-7-12)25-10-16(23)21-17(24)20-15-5-3-2-4-14(15)18/h2-9H,10H2,1H3,(H,19,22)(H2,20,21,23,24). The van der Waals surface area contributed by atoms with Crippen LogP contribution in [0.2, 0.25) is 0 Å². The number of nitrogens with one attached hydrogen (secondary N) is 3. The summed E-state index contributed by atoms with van der Waals surface area (Å²) in [5.41, 5.74) is 0.552. The second-order valence-electron chi connectivity index (χ2n) is 4.98. The van der Waals surface area contributed by atoms with Crippen molar-refractivity contribution in [2.75, 3.05) is 17.2 Å². The van der Waals surface area contributed by atoms with E-state index in [0.717, 1.165) is 0 Å². The number of hydrogen-bond acceptors (Lipinski definition) is 4. The largest absolute Gasteiger partial charge is 0.484 e. The Balaban J connectivity index is 1.79. The van der Waals surface area contributed by atoms with Crippen LogP contribution >= 0.6 is 0 Å². The molecule has 4 amide bonds. The lowest BCUT2D eigenvalue weighted by Crippen LogP contribution is -2.37. The van der Waals surface area contributed by atoms with Crippen molar-refractivity contribution in [3.8, 4) is 5.75 Å². The van der Waals surface area contributed by atoms with Gasteiger partial charge in [-0.3, -0.25) is 14.9 Å². The summed E-state index contributed by atoms with van der Waals surface area (Å²) in [5, 5.41) is 6.84. The Labute approximate surface area is 143 Å². The highest BCUT2D eigenvalue weighted by molar-refractivity contribution is 6.01. The quantitative estimate of drug-likeness (QED) is 0.776. The van der Waals surface area contributed by atoms with Crippen LogP contribution in [0, 0.1) is 5.82 Å². The summed E-state index contributed by atoms with van der Waals surface area (Å²) in [6, 6.07) is 11.1. The Kier molecular flexibility index (Phi) is 6.05. The first-order valence-corrected chi connectivity index (χ1v) is 7.30. The summed E-state index contributed by atoms with van der Waals surface area (Å²) in [6.45, 7) is 0.991. The molecule has 7 nitrogen and oxygen atoms in total. The van der Waals surface area contributed by atoms with Crippen molar-refractivity contribution in [3.63, 3.8) is 0 Å². The number of amides is 4. The Morgan fingerprint density at radius 3 is 2.32 bits per heavy atom. The lowest BCUT2D eigenvalue weighted by atomic mass is 10.3. The van der Waals surface area contributed by atoms with Gasteiger partial charge in [0.25, 0.3) is 5.91 Å². The molecule has 8 heteroatoms. The Bertz CT molecular complexity index is 778. The molecule has 0 aliphatic rings. The number of carbonyl (C=O) groups excluding carboxylic acids is 3. The van der Waals surface area contributed by atoms with Gasteiger partial charge in [-0.25, -0.2) is 9.18 Å². The summed E-state index contributed by atoms with van der Waals surface area (Å²) in [7, 11) is 0. The van der Waals surface area contributed by atoms with Crippen molar-refractivity contribution in [2.45, 2.75) is 6.92 Å². The predicted molar refractivity (Wildman–Crippen MR) is 89.8 cm³/mol. The molecule has 0 spiro atoms. The molecular formula is C17H16FN3O4. The fraction of sp³-hybridized carbons (Fsp3) is 0.118. The minimum Gasteiger partial charge on any atom is -0.484 e. The van der Waals surface area contributed by atoms with Crippen LogP contribution < -0.4 is 20.7 Å². The summed E-state index contributed by atoms with van der Waals surface area (Å²) < 4.78 is 18.6. The van der Waals surface area contributed by atoms with Gasteiger partial charge in [-0.1, -0.05) is 12.1 Å². The molecule has 0 saturated carbocycles. The molecule has 0 radical (unpaired) electrons. The third kappa shape index (κ3) is 5.94. The van der Waals surface area contributed by atoms with Crippen LogP contribution in [0.1, 0.15) is 6.92 Å². The van der Waals surface area contributed by atoms with Gasteiger partial charge in [0.2, 0.25) is 5.91 Å². The summed E-state index contributed by atoms with van der Waals surface area (Å²) in [6.07, 6.45) is 0. The maximum Gasteiger partial charge on any atom is 0.326 e. The van der Waals surface area contributed by atoms with E-state index >= 15 is 0 Å². The first kappa shape index (κ1) is 17.9. The van der Waals surface area contributed by atoms with Gasteiger partial charge in [0.05, 0.1) is 5.69 Å². The van der Waals surface area contributed by atoms with Crippen molar-refractivity contribution in [3.05, 3.63) is 54.3 Å². The van der Waals surface area contributed by atoms with Crippen molar-refractivity contribution >= 4 is 29.2 Å². The highest BCUT2D eigenvalue weighted by atomic mass is 19.1. The Hall–Kier alpha value is -3.42. The number of imide groups is 1. The summed E-state index contributed by atoms with van der Waals surface area (Å²) in [4.78, 5) is 34.2. The number of hydrogen-bond donors (Lipinski definition) is 3. The average molecular weight is 345 g/mol. The van der Waals surface area contributed by atoms with Crippen molar-refractivity contribution < 1.29 is 23.5 Å². The molecular weight excluding hydrogens is 329 g/mol. The number of para-hydroxylation sites is 1. The molecule has 0 aromatic heterocycles. The molecule has 0 aliphatic heterocycles. The second kappa shape index (κ2) is 8.44. The molecule has 3 N–H and O–H groups in total. The smallest absolute Gasteiger partial charge is 0.326 e. The highest BCUT2D eigenvalue weighted by Crippen LogP contribution is 2.15. The molecule has 0 saturated heterocycles. The minimum atomic E-state index is -0.861. The third-order valence-electron chi connectivity index (χ3n) is 2.92. The zero-order chi connectivity index (χ0) is 18.2. The molecule has 0 atom stereocenters. The van der Waals surface area contributed by atoms with Gasteiger partial charge in [0.15, 0.2) is 6.61 Å². The summed E-state index contributed by atoms with van der Waals surface area (Å²) >= 11 is 0. The number of ether oxygens (including phenoxy) is 1. The van der Waals surface area contributed by atoms with Crippen LogP contribution in [0.25, 0.3) is 0 Å². The first-order valence-electron chi connectivity index (χ1n) is 7.30. The minimum absolute atomic E-state index is 0.0396. The number of anilines is 2. The third-order valence-corrected chi connectivity index (χ3v) is 2.92. The predicted octanol–water partition coefficient (Wildman–Crippen LogP) is 2.51. The Morgan fingerprint density at radius 1 is 1.00 bits per heavy atom. The topological polar surface area (TPSA) is 96.5 Å². The van der Waals surface area contributed by atoms with Crippen LogP contribution in [0.15, 0.2) is 48.5 Å². The number of carbonyl (C=O) groups is 3. The fourth-order valence-electron chi connectivity index (χ4n) is 1.87. The van der Waals surface area contributed by atoms with E-state index in [1.807, 2.05) is 5.32 Å². The fourth-order valence-corrected chi connectivity index (χ4v) is 1.87. The van der Waals surface area contributed by atoms with Crippen LogP contribution in [0.3, 0.4) is 0 Å². The van der Waals surface area contributed by atoms with Crippen LogP contribution in [0.4, 0.5) is 20.6 Å². The first-order chi connectivity index (χ1) is 11.9. The lowest BCUT2D eigenvalue weighted by Gasteiger charge is -2.09. The van der Waals surface area contributed by atoms with E-state index in [-0.39, 0.29) is 11.6 Å². The van der Waals surface area contributed by atoms with Crippen LogP contribution in [-0.4, -0.2) is 24.5 Å². The molecule has 0 unspecified atom stereocenters. The van der Waals surface area contributed by atoms with E-state index in [1.54, 1.807) is 30.3 Å². The van der Waals surface area contributed by atoms with Gasteiger partial charge >= 0.3 is 6.03 Å². The SMILES string of the molecule is CC(=O)Nc1ccc(OCC(=O)NC(=O)Nc2ccccc2F)cc1. The molecule has 2 rings (SSSR count). The monoisotopic (exact) mass is 345 g/mol. The average Bonchev–Trinajstić information content (AvgIpc) is 2.56. The second-order valence-corrected chi connectivity index (χ2v) is 4.98.